The molecule has 3 nitrogen and oxygen atoms in total. The maximum Gasteiger partial charge on any atom is 0.224 e. The number of carbonyl (C=O) groups is 2. The lowest BCUT2D eigenvalue weighted by atomic mass is 9.47. The molecule has 3 heteroatoms. The van der Waals surface area contributed by atoms with E-state index in [9.17, 15) is 9.59 Å². The van der Waals surface area contributed by atoms with Crippen molar-refractivity contribution in [3.8, 4) is 0 Å². The van der Waals surface area contributed by atoms with Crippen molar-refractivity contribution >= 4 is 11.6 Å². The Labute approximate surface area is 149 Å². The highest BCUT2D eigenvalue weighted by atomic mass is 16.6. The third kappa shape index (κ3) is 1.77. The van der Waals surface area contributed by atoms with Crippen LogP contribution in [-0.4, -0.2) is 11.6 Å². The minimum atomic E-state index is -0.0644. The van der Waals surface area contributed by atoms with Crippen molar-refractivity contribution in [1.82, 2.24) is 0 Å². The monoisotopic (exact) mass is 340 g/mol. The number of rotatable bonds is 1. The summed E-state index contributed by atoms with van der Waals surface area (Å²) in [6.07, 6.45) is 7.51. The van der Waals surface area contributed by atoms with Gasteiger partial charge in [-0.2, -0.15) is 0 Å². The Morgan fingerprint density at radius 1 is 1.24 bits per heavy atom. The van der Waals surface area contributed by atoms with E-state index < -0.39 is 0 Å². The molecule has 0 aromatic rings. The number of ketones is 2. The molecule has 1 heterocycles. The average Bonchev–Trinajstić information content (AvgIpc) is 3.29. The summed E-state index contributed by atoms with van der Waals surface area (Å²) in [6, 6.07) is 0. The van der Waals surface area contributed by atoms with Gasteiger partial charge >= 0.3 is 0 Å². The molecule has 7 atom stereocenters. The van der Waals surface area contributed by atoms with Gasteiger partial charge in [0.05, 0.1) is 5.41 Å². The number of allylic oxidation sites excluding steroid dienone is 2. The van der Waals surface area contributed by atoms with Crippen molar-refractivity contribution in [2.75, 3.05) is 0 Å². The molecule has 0 aromatic heterocycles. The smallest absolute Gasteiger partial charge is 0.224 e. The van der Waals surface area contributed by atoms with Crippen molar-refractivity contribution in [3.63, 3.8) is 0 Å². The molecular formula is C22H28O3. The molecular weight excluding hydrogens is 312 g/mol. The molecule has 134 valence electrons. The molecule has 0 aromatic carbocycles. The minimum Gasteiger partial charge on any atom is -0.449 e. The fraction of sp³-hybridized carbons (Fsp3) is 0.727. The number of ether oxygens (including phenoxy) is 1. The van der Waals surface area contributed by atoms with Crippen LogP contribution in [0.15, 0.2) is 23.2 Å². The van der Waals surface area contributed by atoms with E-state index in [4.69, 9.17) is 4.74 Å². The standard InChI is InChI=1S/C22H28O3/c1-11-9-16-14-6-5-13-10-17(24)19-20(25-19)22(13,4)15(14)7-8-21(16,3)18(11)12(2)23/h10-11,14-16,18H,5-9H2,1-4H3/t11-,14+,15-,16-,18+,21-,22-/m0/s1. The second-order valence-electron chi connectivity index (χ2n) is 9.76. The lowest BCUT2D eigenvalue weighted by molar-refractivity contribution is -0.128. The quantitative estimate of drug-likeness (QED) is 0.709. The number of hydrogen-bond donors (Lipinski definition) is 0. The Morgan fingerprint density at radius 2 is 2.00 bits per heavy atom. The van der Waals surface area contributed by atoms with E-state index in [0.29, 0.717) is 35.2 Å². The molecule has 0 amide bonds. The summed E-state index contributed by atoms with van der Waals surface area (Å²) >= 11 is 0. The Bertz CT molecular complexity index is 759. The molecule has 5 aliphatic rings. The van der Waals surface area contributed by atoms with Crippen molar-refractivity contribution in [1.29, 1.82) is 0 Å². The van der Waals surface area contributed by atoms with Crippen LogP contribution >= 0.6 is 0 Å². The summed E-state index contributed by atoms with van der Waals surface area (Å²) in [7, 11) is 0. The van der Waals surface area contributed by atoms with Crippen molar-refractivity contribution < 1.29 is 14.3 Å². The van der Waals surface area contributed by atoms with Crippen LogP contribution in [-0.2, 0) is 14.3 Å². The predicted octanol–water partition coefficient (Wildman–Crippen LogP) is 4.43. The molecule has 1 aliphatic heterocycles. The maximum atomic E-state index is 12.4. The van der Waals surface area contributed by atoms with E-state index in [2.05, 4.69) is 20.8 Å². The Morgan fingerprint density at radius 3 is 2.72 bits per heavy atom. The van der Waals surface area contributed by atoms with Crippen LogP contribution in [0, 0.1) is 40.4 Å². The first-order valence-corrected chi connectivity index (χ1v) is 9.97. The highest BCUT2D eigenvalue weighted by Crippen LogP contribution is 2.70. The third-order valence-electron chi connectivity index (χ3n) is 8.74. The van der Waals surface area contributed by atoms with Crippen molar-refractivity contribution in [3.05, 3.63) is 23.2 Å². The largest absolute Gasteiger partial charge is 0.449 e. The van der Waals surface area contributed by atoms with Gasteiger partial charge in [0, 0.05) is 5.92 Å². The summed E-state index contributed by atoms with van der Waals surface area (Å²) in [4.78, 5) is 24.5. The molecule has 3 saturated carbocycles. The van der Waals surface area contributed by atoms with Gasteiger partial charge in [-0.15, -0.1) is 0 Å². The van der Waals surface area contributed by atoms with Gasteiger partial charge in [-0.05, 0) is 81.1 Å². The lowest BCUT2D eigenvalue weighted by Crippen LogP contribution is -2.50. The highest BCUT2D eigenvalue weighted by molar-refractivity contribution is 6.07. The molecule has 0 bridgehead atoms. The fourth-order valence-electron chi connectivity index (χ4n) is 7.80. The second kappa shape index (κ2) is 4.66. The molecule has 5 rings (SSSR count). The second-order valence-corrected chi connectivity index (χ2v) is 9.76. The highest BCUT2D eigenvalue weighted by Gasteiger charge is 2.65. The average molecular weight is 340 g/mol. The Hall–Kier alpha value is -1.38. The molecule has 25 heavy (non-hydrogen) atoms. The van der Waals surface area contributed by atoms with Gasteiger partial charge in [0.25, 0.3) is 0 Å². The first kappa shape index (κ1) is 15.8. The molecule has 0 radical (unpaired) electrons. The van der Waals surface area contributed by atoms with Crippen LogP contribution < -0.4 is 0 Å². The molecule has 0 spiro atoms. The van der Waals surface area contributed by atoms with E-state index in [1.165, 1.54) is 18.4 Å². The predicted molar refractivity (Wildman–Crippen MR) is 94.3 cm³/mol. The normalized spacial score (nSPS) is 50.2. The van der Waals surface area contributed by atoms with Gasteiger partial charge < -0.3 is 4.74 Å². The van der Waals surface area contributed by atoms with Gasteiger partial charge in [0.2, 0.25) is 11.5 Å². The zero-order chi connectivity index (χ0) is 17.7. The summed E-state index contributed by atoms with van der Waals surface area (Å²) in [5, 5.41) is 0. The van der Waals surface area contributed by atoms with E-state index >= 15 is 0 Å². The van der Waals surface area contributed by atoms with Crippen molar-refractivity contribution in [2.45, 2.75) is 59.8 Å². The van der Waals surface area contributed by atoms with Crippen LogP contribution in [0.25, 0.3) is 0 Å². The van der Waals surface area contributed by atoms with E-state index in [0.717, 1.165) is 25.0 Å². The SMILES string of the molecule is CC(=O)[C@H]1[C@@H](C)C[C@H]2[C@@H]3CCC4=CC(=O)C5=C(O5)[C@]4(C)[C@H]3CC[C@@]21C. The van der Waals surface area contributed by atoms with Crippen LogP contribution in [0.4, 0.5) is 0 Å². The molecule has 0 saturated heterocycles. The lowest BCUT2D eigenvalue weighted by Gasteiger charge is -2.56. The fourth-order valence-corrected chi connectivity index (χ4v) is 7.80. The van der Waals surface area contributed by atoms with Crippen LogP contribution in [0.3, 0.4) is 0 Å². The molecule has 4 aliphatic carbocycles. The molecule has 3 fully saturated rings. The molecule has 0 N–H and O–H groups in total. The van der Waals surface area contributed by atoms with Crippen molar-refractivity contribution in [2.24, 2.45) is 40.4 Å². The van der Waals surface area contributed by atoms with Gasteiger partial charge in [-0.25, -0.2) is 0 Å². The van der Waals surface area contributed by atoms with Crippen LogP contribution in [0.2, 0.25) is 0 Å². The topological polar surface area (TPSA) is 46.7 Å². The van der Waals surface area contributed by atoms with Gasteiger partial charge in [0.15, 0.2) is 5.76 Å². The van der Waals surface area contributed by atoms with Gasteiger partial charge in [-0.1, -0.05) is 19.4 Å². The molecule has 0 unspecified atom stereocenters. The van der Waals surface area contributed by atoms with Gasteiger partial charge in [-0.3, -0.25) is 9.59 Å². The summed E-state index contributed by atoms with van der Waals surface area (Å²) < 4.78 is 5.71. The summed E-state index contributed by atoms with van der Waals surface area (Å²) in [5.41, 5.74) is 1.40. The third-order valence-corrected chi connectivity index (χ3v) is 8.74. The van der Waals surface area contributed by atoms with Crippen LogP contribution in [0.5, 0.6) is 0 Å². The summed E-state index contributed by atoms with van der Waals surface area (Å²) in [6.45, 7) is 8.78. The van der Waals surface area contributed by atoms with E-state index in [-0.39, 0.29) is 22.5 Å². The summed E-state index contributed by atoms with van der Waals surface area (Å²) in [5.74, 6) is 4.63. The zero-order valence-electron chi connectivity index (χ0n) is 15.7. The Balaban J connectivity index is 1.54. The minimum absolute atomic E-state index is 0.0644. The van der Waals surface area contributed by atoms with E-state index in [1.807, 2.05) is 6.08 Å². The maximum absolute atomic E-state index is 12.4. The first-order valence-electron chi connectivity index (χ1n) is 9.97. The number of Topliss-reactive ketones (excluding diaryl/α,β-unsaturated/α-hetero) is 1. The zero-order valence-corrected chi connectivity index (χ0v) is 15.7. The number of fused-ring (bicyclic) bond motifs is 6. The van der Waals surface area contributed by atoms with E-state index in [1.54, 1.807) is 6.92 Å². The van der Waals surface area contributed by atoms with Crippen LogP contribution in [0.1, 0.15) is 59.8 Å². The van der Waals surface area contributed by atoms with Gasteiger partial charge in [0.1, 0.15) is 5.78 Å². The first-order chi connectivity index (χ1) is 11.8. The Kier molecular flexibility index (Phi) is 2.95. The number of carbonyl (C=O) groups excluding carboxylic acids is 2. The number of hydrogen-bond acceptors (Lipinski definition) is 3.